The van der Waals surface area contributed by atoms with Crippen LogP contribution in [-0.4, -0.2) is 172 Å². The van der Waals surface area contributed by atoms with E-state index < -0.39 is 90.0 Å². The van der Waals surface area contributed by atoms with E-state index in [0.717, 1.165) is 36.8 Å². The first kappa shape index (κ1) is 59.7. The normalized spacial score (nSPS) is 35.6. The lowest BCUT2D eigenvalue weighted by Gasteiger charge is -2.69. The minimum atomic E-state index is -1.63. The van der Waals surface area contributed by atoms with Crippen LogP contribution in [0.25, 0.3) is 0 Å². The molecular weight excluding hydrogens is 1080 g/mol. The van der Waals surface area contributed by atoms with Crippen molar-refractivity contribution in [3.05, 3.63) is 83.0 Å². The first-order valence-corrected chi connectivity index (χ1v) is 29.7. The number of aliphatic hydroxyl groups excluding tert-OH is 4. The molecule has 2 bridgehead atoms. The third-order valence-corrected chi connectivity index (χ3v) is 20.1. The number of benzene rings is 2. The molecule has 22 heteroatoms. The van der Waals surface area contributed by atoms with Crippen molar-refractivity contribution in [1.29, 1.82) is 0 Å². The first-order chi connectivity index (χ1) is 38.9. The van der Waals surface area contributed by atoms with Crippen LogP contribution in [0.1, 0.15) is 102 Å². The average Bonchev–Trinajstić information content (AvgIpc) is 1.38. The standard InChI is InChI=1S/C60H79N5O16S/c1-33(2)82-29-48(71)62-18-16-47(70)63-41-21-35(9-14-43(41)78-53-51(73)50(72)42(68)28-76-53)27-77-54(74)64(5)19-20-65(6)55(75)79-44-25-57(4)40(39-13-12-37-22-38(67)15-17-56(37,3)49(39)44)23-46-60(57,45(69)26-66)81-52(80-46)36-10-7-34(8-11-36)24-58-30-59(61,31-58)32-58/h7-11,14-15,17,21-22,33,39-40,42,44,46,49-53,66,68,72-73H,12-13,16,18-20,23-32,61H2,1-6H3,(H,62,71)(H,63,70)/t39-,40-,42+,44-,46+,49+,50-,51+,52+,53-,56-,57-,58?,59?,60+/m0/s1. The number of ketones is 2. The van der Waals surface area contributed by atoms with Crippen molar-refractivity contribution in [3.63, 3.8) is 0 Å². The predicted octanol–water partition coefficient (Wildman–Crippen LogP) is 4.46. The van der Waals surface area contributed by atoms with Crippen LogP contribution in [0.15, 0.2) is 66.3 Å². The van der Waals surface area contributed by atoms with Gasteiger partial charge in [0.25, 0.3) is 0 Å². The topological polar surface area (TPSA) is 295 Å². The Morgan fingerprint density at radius 3 is 2.34 bits per heavy atom. The molecule has 2 aromatic carbocycles. The van der Waals surface area contributed by atoms with E-state index in [9.17, 15) is 49.2 Å². The number of nitrogens with two attached hydrogens (primary N) is 1. The number of allylic oxidation sites excluding steroid dienone is 4. The summed E-state index contributed by atoms with van der Waals surface area (Å²) in [6.45, 7) is 6.80. The molecule has 82 heavy (non-hydrogen) atoms. The molecular formula is C60H79N5O16S. The molecule has 446 valence electrons. The molecule has 6 saturated carbocycles. The lowest BCUT2D eigenvalue weighted by Crippen LogP contribution is -2.72. The second kappa shape index (κ2) is 23.2. The van der Waals surface area contributed by atoms with Gasteiger partial charge < -0.3 is 75.0 Å². The number of hydrogen-bond acceptors (Lipinski definition) is 18. The zero-order chi connectivity index (χ0) is 58.7. The number of hydrogen-bond donors (Lipinski definition) is 7. The van der Waals surface area contributed by atoms with Crippen molar-refractivity contribution >= 4 is 53.0 Å². The van der Waals surface area contributed by atoms with E-state index in [0.29, 0.717) is 24.8 Å². The summed E-state index contributed by atoms with van der Waals surface area (Å²) < 4.78 is 37.3. The molecule has 9 aliphatic rings. The molecule has 0 unspecified atom stereocenters. The Kier molecular flexibility index (Phi) is 16.9. The molecule has 8 fully saturated rings. The van der Waals surface area contributed by atoms with Gasteiger partial charge in [0.15, 0.2) is 23.5 Å². The second-order valence-corrected chi connectivity index (χ2v) is 26.7. The number of nitrogens with one attached hydrogen (secondary N) is 2. The minimum Gasteiger partial charge on any atom is -0.460 e. The molecule has 0 aromatic heterocycles. The Bertz CT molecular complexity index is 2850. The Balaban J connectivity index is 0.796. The SMILES string of the molecule is CC(C)SCC(=O)NCCC(=O)Nc1cc(COC(=O)N(C)CCN(C)C(=O)O[C@H]2C[C@@]3(C)[C@@H](C[C@H]4O[C@@H](c5ccc(CC67CC(N)(C6)C7)cc5)O[C@]43C(=O)CO)[C@@H]3CCC4=CC(=O)C=C[C@]4(C)[C@H]32)ccc1O[C@@H]1OC[C@@H](O)[C@H](O)[C@H]1O. The Morgan fingerprint density at radius 1 is 0.939 bits per heavy atom. The largest absolute Gasteiger partial charge is 0.460 e. The number of thioether (sulfide) groups is 1. The van der Waals surface area contributed by atoms with Gasteiger partial charge in [-0.1, -0.05) is 69.7 Å². The van der Waals surface area contributed by atoms with Gasteiger partial charge in [-0.05, 0) is 109 Å². The average molecular weight is 1160 g/mol. The maximum atomic E-state index is 14.5. The van der Waals surface area contributed by atoms with Crippen molar-refractivity contribution in [2.45, 2.75) is 152 Å². The van der Waals surface area contributed by atoms with Gasteiger partial charge in [0.2, 0.25) is 18.1 Å². The number of ether oxygens (including phenoxy) is 6. The fourth-order valence-electron chi connectivity index (χ4n) is 15.1. The number of anilines is 1. The van der Waals surface area contributed by atoms with Crippen molar-refractivity contribution < 1.29 is 77.6 Å². The highest BCUT2D eigenvalue weighted by atomic mass is 32.2. The van der Waals surface area contributed by atoms with Gasteiger partial charge in [-0.2, -0.15) is 0 Å². The van der Waals surface area contributed by atoms with E-state index in [2.05, 4.69) is 29.7 Å². The highest BCUT2D eigenvalue weighted by Crippen LogP contribution is 2.71. The number of Topliss-reactive ketones (excluding diaryl/α,β-unsaturated/α-hetero) is 1. The number of nitrogens with zero attached hydrogens (tertiary/aromatic N) is 2. The number of likely N-dealkylation sites (N-methyl/N-ethyl adjacent to an activating group) is 2. The van der Waals surface area contributed by atoms with Gasteiger partial charge in [-0.3, -0.25) is 19.2 Å². The summed E-state index contributed by atoms with van der Waals surface area (Å²) in [5, 5.41) is 47.2. The van der Waals surface area contributed by atoms with E-state index in [1.54, 1.807) is 25.3 Å². The molecule has 21 nitrogen and oxygen atoms in total. The van der Waals surface area contributed by atoms with Gasteiger partial charge in [0.05, 0.1) is 24.2 Å². The first-order valence-electron chi connectivity index (χ1n) is 28.6. The fraction of sp³-hybridized carbons (Fsp3) is 0.633. The molecule has 7 aliphatic carbocycles. The number of carbonyl (C=O) groups is 6. The van der Waals surface area contributed by atoms with E-state index in [-0.39, 0.29) is 109 Å². The smallest absolute Gasteiger partial charge is 0.409 e. The number of carbonyl (C=O) groups excluding carboxylic acids is 6. The van der Waals surface area contributed by atoms with E-state index >= 15 is 0 Å². The minimum absolute atomic E-state index is 0.0129. The predicted molar refractivity (Wildman–Crippen MR) is 299 cm³/mol. The quantitative estimate of drug-likeness (QED) is 0.0963. The van der Waals surface area contributed by atoms with Gasteiger partial charge in [-0.15, -0.1) is 11.8 Å². The number of fused-ring (bicyclic) bond motifs is 7. The van der Waals surface area contributed by atoms with Gasteiger partial charge in [0, 0.05) is 68.0 Å². The summed E-state index contributed by atoms with van der Waals surface area (Å²) in [6, 6.07) is 12.7. The molecule has 8 N–H and O–H groups in total. The summed E-state index contributed by atoms with van der Waals surface area (Å²) >= 11 is 1.47. The molecule has 4 amide bonds. The van der Waals surface area contributed by atoms with Crippen LogP contribution in [0.4, 0.5) is 15.3 Å². The highest BCUT2D eigenvalue weighted by molar-refractivity contribution is 8.00. The van der Waals surface area contributed by atoms with Crippen LogP contribution in [0.5, 0.6) is 5.75 Å². The van der Waals surface area contributed by atoms with Crippen molar-refractivity contribution in [2.75, 3.05) is 58.0 Å². The maximum absolute atomic E-state index is 14.5. The van der Waals surface area contributed by atoms with Crippen LogP contribution in [-0.2, 0) is 55.9 Å². The Morgan fingerprint density at radius 2 is 1.65 bits per heavy atom. The highest BCUT2D eigenvalue weighted by Gasteiger charge is 2.76. The molecule has 2 aliphatic heterocycles. The van der Waals surface area contributed by atoms with E-state index in [4.69, 9.17) is 34.2 Å². The Labute approximate surface area is 481 Å². The van der Waals surface area contributed by atoms with Crippen LogP contribution < -0.4 is 21.1 Å². The number of aliphatic hydroxyl groups is 4. The second-order valence-electron chi connectivity index (χ2n) is 25.1. The fourth-order valence-corrected chi connectivity index (χ4v) is 15.6. The summed E-state index contributed by atoms with van der Waals surface area (Å²) in [4.78, 5) is 83.3. The van der Waals surface area contributed by atoms with Crippen molar-refractivity contribution in [2.24, 2.45) is 39.7 Å². The molecule has 2 aromatic rings. The van der Waals surface area contributed by atoms with Gasteiger partial charge >= 0.3 is 12.2 Å². The number of rotatable bonds is 20. The Hall–Kier alpha value is -5.43. The van der Waals surface area contributed by atoms with E-state index in [1.165, 1.54) is 46.3 Å². The lowest BCUT2D eigenvalue weighted by atomic mass is 9.38. The monoisotopic (exact) mass is 1160 g/mol. The molecule has 2 saturated heterocycles. The van der Waals surface area contributed by atoms with E-state index in [1.807, 2.05) is 39.0 Å². The zero-order valence-electron chi connectivity index (χ0n) is 47.5. The van der Waals surface area contributed by atoms with Gasteiger partial charge in [0.1, 0.15) is 43.4 Å². The van der Waals surface area contributed by atoms with Crippen molar-refractivity contribution in [3.8, 4) is 5.75 Å². The van der Waals surface area contributed by atoms with Crippen LogP contribution in [0.2, 0.25) is 0 Å². The van der Waals surface area contributed by atoms with Gasteiger partial charge in [-0.25, -0.2) is 9.59 Å². The van der Waals surface area contributed by atoms with Crippen LogP contribution >= 0.6 is 11.8 Å². The van der Waals surface area contributed by atoms with Crippen LogP contribution in [0.3, 0.4) is 0 Å². The third kappa shape index (κ3) is 11.4. The summed E-state index contributed by atoms with van der Waals surface area (Å²) in [7, 11) is 3.08. The molecule has 11 rings (SSSR count). The summed E-state index contributed by atoms with van der Waals surface area (Å²) in [6.07, 6.45) is 1.50. The van der Waals surface area contributed by atoms with Crippen molar-refractivity contribution in [1.82, 2.24) is 15.1 Å². The van der Waals surface area contributed by atoms with Crippen LogP contribution in [0, 0.1) is 34.0 Å². The summed E-state index contributed by atoms with van der Waals surface area (Å²) in [5.41, 5.74) is 6.93. The molecule has 2 heterocycles. The third-order valence-electron chi connectivity index (χ3n) is 19.0. The maximum Gasteiger partial charge on any atom is 0.409 e. The molecule has 0 radical (unpaired) electrons. The summed E-state index contributed by atoms with van der Waals surface area (Å²) in [5.74, 6) is -1.54. The lowest BCUT2D eigenvalue weighted by molar-refractivity contribution is -0.241. The molecule has 13 atom stereocenters. The molecule has 0 spiro atoms. The zero-order valence-corrected chi connectivity index (χ0v) is 48.3. The number of amides is 4.